The van der Waals surface area contributed by atoms with E-state index in [9.17, 15) is 0 Å². The molecule has 1 aliphatic rings. The first-order valence-electron chi connectivity index (χ1n) is 8.50. The van der Waals surface area contributed by atoms with Gasteiger partial charge in [-0.25, -0.2) is 0 Å². The highest BCUT2D eigenvalue weighted by molar-refractivity contribution is 9.10. The van der Waals surface area contributed by atoms with Crippen molar-refractivity contribution < 1.29 is 4.74 Å². The van der Waals surface area contributed by atoms with E-state index in [-0.39, 0.29) is 12.1 Å². The van der Waals surface area contributed by atoms with Crippen molar-refractivity contribution in [2.75, 3.05) is 7.11 Å². The summed E-state index contributed by atoms with van der Waals surface area (Å²) in [5.74, 6) is 0.853. The molecule has 1 N–H and O–H groups in total. The number of pyridine rings is 1. The Morgan fingerprint density at radius 1 is 1.26 bits per heavy atom. The van der Waals surface area contributed by atoms with E-state index in [1.165, 1.54) is 10.4 Å². The zero-order valence-corrected chi connectivity index (χ0v) is 17.9. The minimum Gasteiger partial charge on any atom is -0.497 e. The van der Waals surface area contributed by atoms with E-state index < -0.39 is 0 Å². The zero-order chi connectivity index (χ0) is 18.8. The molecule has 1 saturated heterocycles. The van der Waals surface area contributed by atoms with E-state index in [4.69, 9.17) is 17.0 Å². The van der Waals surface area contributed by atoms with Gasteiger partial charge in [0.15, 0.2) is 5.11 Å². The number of rotatable bonds is 5. The molecule has 2 unspecified atom stereocenters. The summed E-state index contributed by atoms with van der Waals surface area (Å²) in [4.78, 5) is 8.06. The van der Waals surface area contributed by atoms with E-state index >= 15 is 0 Å². The first-order valence-corrected chi connectivity index (χ1v) is 10.6. The van der Waals surface area contributed by atoms with Crippen molar-refractivity contribution in [2.24, 2.45) is 0 Å². The summed E-state index contributed by atoms with van der Waals surface area (Å²) in [6.07, 6.45) is 1.83. The number of nitrogens with zero attached hydrogens (tertiary/aromatic N) is 2. The van der Waals surface area contributed by atoms with Gasteiger partial charge < -0.3 is 15.0 Å². The van der Waals surface area contributed by atoms with Crippen LogP contribution in [-0.2, 0) is 6.54 Å². The second-order valence-electron chi connectivity index (χ2n) is 6.27. The molecule has 0 amide bonds. The summed E-state index contributed by atoms with van der Waals surface area (Å²) >= 11 is 11.0. The minimum absolute atomic E-state index is 0.0162. The van der Waals surface area contributed by atoms with E-state index in [1.54, 1.807) is 18.4 Å². The number of thiophene rings is 1. The Morgan fingerprint density at radius 3 is 2.70 bits per heavy atom. The fourth-order valence-electron chi connectivity index (χ4n) is 3.30. The Hall–Kier alpha value is -1.96. The molecule has 3 heterocycles. The number of hydrogen-bond donors (Lipinski definition) is 1. The first-order chi connectivity index (χ1) is 13.2. The quantitative estimate of drug-likeness (QED) is 0.537. The number of nitrogens with one attached hydrogen (secondary N) is 1. The Bertz CT molecular complexity index is 930. The summed E-state index contributed by atoms with van der Waals surface area (Å²) in [5, 5.41) is 6.34. The summed E-state index contributed by atoms with van der Waals surface area (Å²) in [6, 6.07) is 16.4. The number of hydrogen-bond acceptors (Lipinski definition) is 4. The lowest BCUT2D eigenvalue weighted by molar-refractivity contribution is 0.315. The Labute approximate surface area is 176 Å². The minimum atomic E-state index is 0.0162. The van der Waals surface area contributed by atoms with Crippen LogP contribution in [0.25, 0.3) is 0 Å². The number of benzene rings is 1. The van der Waals surface area contributed by atoms with Crippen LogP contribution in [-0.4, -0.2) is 22.1 Å². The number of aromatic nitrogens is 1. The van der Waals surface area contributed by atoms with Crippen molar-refractivity contribution in [3.63, 3.8) is 0 Å². The molecule has 0 saturated carbocycles. The van der Waals surface area contributed by atoms with Gasteiger partial charge in [0.05, 0.1) is 24.9 Å². The van der Waals surface area contributed by atoms with Crippen LogP contribution in [0.5, 0.6) is 5.75 Å². The van der Waals surface area contributed by atoms with E-state index in [0.29, 0.717) is 0 Å². The van der Waals surface area contributed by atoms with E-state index in [0.717, 1.165) is 27.6 Å². The smallest absolute Gasteiger partial charge is 0.170 e. The van der Waals surface area contributed by atoms with Crippen LogP contribution in [0.1, 0.15) is 28.2 Å². The van der Waals surface area contributed by atoms with Crippen LogP contribution in [0.15, 0.2) is 64.6 Å². The maximum atomic E-state index is 5.70. The molecule has 2 aromatic heterocycles. The average molecular weight is 460 g/mol. The molecule has 3 aromatic rings. The van der Waals surface area contributed by atoms with Crippen LogP contribution in [0, 0.1) is 0 Å². The number of thiocarbonyl (C=S) groups is 1. The predicted octanol–water partition coefficient (Wildman–Crippen LogP) is 5.09. The van der Waals surface area contributed by atoms with Crippen LogP contribution in [0.4, 0.5) is 0 Å². The molecule has 1 fully saturated rings. The van der Waals surface area contributed by atoms with E-state index in [1.807, 2.05) is 36.5 Å². The molecule has 0 bridgehead atoms. The lowest BCUT2D eigenvalue weighted by Crippen LogP contribution is -2.28. The first kappa shape index (κ1) is 18.4. The number of ether oxygens (including phenoxy) is 1. The monoisotopic (exact) mass is 459 g/mol. The van der Waals surface area contributed by atoms with Gasteiger partial charge in [-0.15, -0.1) is 11.3 Å². The second kappa shape index (κ2) is 7.96. The van der Waals surface area contributed by atoms with Crippen LogP contribution in [0.3, 0.4) is 0 Å². The molecule has 4 nitrogen and oxygen atoms in total. The van der Waals surface area contributed by atoms with Crippen LogP contribution >= 0.6 is 39.5 Å². The summed E-state index contributed by atoms with van der Waals surface area (Å²) in [6.45, 7) is 0.722. The molecule has 4 rings (SSSR count). The normalized spacial score (nSPS) is 19.2. The van der Waals surface area contributed by atoms with Gasteiger partial charge in [0.25, 0.3) is 0 Å². The van der Waals surface area contributed by atoms with Gasteiger partial charge in [0, 0.05) is 27.5 Å². The van der Waals surface area contributed by atoms with Gasteiger partial charge in [-0.3, -0.25) is 4.98 Å². The van der Waals surface area contributed by atoms with Crippen molar-refractivity contribution in [1.29, 1.82) is 0 Å². The third-order valence-electron chi connectivity index (χ3n) is 4.59. The second-order valence-corrected chi connectivity index (χ2v) is 8.52. The van der Waals surface area contributed by atoms with Crippen molar-refractivity contribution >= 4 is 44.6 Å². The zero-order valence-electron chi connectivity index (χ0n) is 14.6. The summed E-state index contributed by atoms with van der Waals surface area (Å²) in [5.41, 5.74) is 2.17. The van der Waals surface area contributed by atoms with Gasteiger partial charge in [0.2, 0.25) is 0 Å². The van der Waals surface area contributed by atoms with Gasteiger partial charge in [-0.2, -0.15) is 0 Å². The van der Waals surface area contributed by atoms with Gasteiger partial charge >= 0.3 is 0 Å². The summed E-state index contributed by atoms with van der Waals surface area (Å²) < 4.78 is 6.35. The molecule has 0 radical (unpaired) electrons. The van der Waals surface area contributed by atoms with Crippen molar-refractivity contribution in [1.82, 2.24) is 15.2 Å². The Kier molecular flexibility index (Phi) is 5.43. The highest BCUT2D eigenvalue weighted by atomic mass is 79.9. The van der Waals surface area contributed by atoms with Gasteiger partial charge in [-0.1, -0.05) is 18.2 Å². The van der Waals surface area contributed by atoms with Crippen LogP contribution < -0.4 is 10.1 Å². The molecule has 0 aliphatic carbocycles. The molecular formula is C20H18BrN3OS2. The van der Waals surface area contributed by atoms with Gasteiger partial charge in [0.1, 0.15) is 5.75 Å². The lowest BCUT2D eigenvalue weighted by atomic mass is 10.0. The molecule has 27 heavy (non-hydrogen) atoms. The van der Waals surface area contributed by atoms with Crippen molar-refractivity contribution in [2.45, 2.75) is 18.6 Å². The molecule has 7 heteroatoms. The highest BCUT2D eigenvalue weighted by Gasteiger charge is 2.40. The fraction of sp³-hybridized carbons (Fsp3) is 0.200. The number of methoxy groups -OCH3 is 1. The highest BCUT2D eigenvalue weighted by Crippen LogP contribution is 2.42. The third-order valence-corrected chi connectivity index (χ3v) is 6.71. The SMILES string of the molecule is COc1ccc(CN2C(=S)NC(c3ccccn3)C2c2cc(Br)cs2)cc1. The third kappa shape index (κ3) is 3.85. The molecule has 138 valence electrons. The number of halogens is 1. The largest absolute Gasteiger partial charge is 0.497 e. The van der Waals surface area contributed by atoms with Crippen LogP contribution in [0.2, 0.25) is 0 Å². The molecule has 0 spiro atoms. The molecule has 1 aliphatic heterocycles. The van der Waals surface area contributed by atoms with Gasteiger partial charge in [-0.05, 0) is 64.0 Å². The maximum Gasteiger partial charge on any atom is 0.170 e. The molecular weight excluding hydrogens is 442 g/mol. The Morgan fingerprint density at radius 2 is 2.07 bits per heavy atom. The van der Waals surface area contributed by atoms with Crippen molar-refractivity contribution in [3.8, 4) is 5.75 Å². The Balaban J connectivity index is 1.68. The van der Waals surface area contributed by atoms with E-state index in [2.05, 4.69) is 54.7 Å². The predicted molar refractivity (Wildman–Crippen MR) is 116 cm³/mol. The van der Waals surface area contributed by atoms with Crippen molar-refractivity contribution in [3.05, 3.63) is 80.7 Å². The fourth-order valence-corrected chi connectivity index (χ4v) is 5.19. The maximum absolute atomic E-state index is 5.70. The standard InChI is InChI=1S/C20H18BrN3OS2/c1-25-15-7-5-13(6-8-15)11-24-19(17-10-14(21)12-27-17)18(23-20(24)26)16-4-2-3-9-22-16/h2-10,12,18-19H,11H2,1H3,(H,23,26). The lowest BCUT2D eigenvalue weighted by Gasteiger charge is -2.27. The summed E-state index contributed by atoms with van der Waals surface area (Å²) in [7, 11) is 1.68. The molecule has 1 aromatic carbocycles. The molecule has 2 atom stereocenters. The average Bonchev–Trinajstić information content (AvgIpc) is 3.26. The topological polar surface area (TPSA) is 37.4 Å².